The van der Waals surface area contributed by atoms with E-state index in [-0.39, 0.29) is 17.4 Å². The molecule has 8 nitrogen and oxygen atoms in total. The number of hydrogen-bond donors (Lipinski definition) is 2. The van der Waals surface area contributed by atoms with Crippen molar-refractivity contribution in [2.24, 2.45) is 0 Å². The third-order valence-electron chi connectivity index (χ3n) is 5.23. The molecule has 36 heavy (non-hydrogen) atoms. The van der Waals surface area contributed by atoms with Crippen molar-refractivity contribution in [2.45, 2.75) is 6.42 Å². The van der Waals surface area contributed by atoms with Crippen LogP contribution in [0.1, 0.15) is 11.1 Å². The van der Waals surface area contributed by atoms with Crippen molar-refractivity contribution < 1.29 is 19.0 Å². The number of carbonyl (C=O) groups excluding carboxylic acids is 1. The van der Waals surface area contributed by atoms with E-state index in [4.69, 9.17) is 26.4 Å². The summed E-state index contributed by atoms with van der Waals surface area (Å²) < 4.78 is 16.9. The van der Waals surface area contributed by atoms with Gasteiger partial charge < -0.3 is 24.8 Å². The average Bonchev–Trinajstić information content (AvgIpc) is 2.89. The van der Waals surface area contributed by atoms with Crippen LogP contribution in [-0.4, -0.2) is 35.2 Å². The molecule has 0 atom stereocenters. The van der Waals surface area contributed by atoms with Gasteiger partial charge in [0.1, 0.15) is 5.75 Å². The first kappa shape index (κ1) is 24.6. The summed E-state index contributed by atoms with van der Waals surface area (Å²) in [7, 11) is 3.14. The lowest BCUT2D eigenvalue weighted by atomic mass is 10.1. The molecule has 0 aliphatic rings. The van der Waals surface area contributed by atoms with Gasteiger partial charge in [-0.2, -0.15) is 0 Å². The highest BCUT2D eigenvalue weighted by Gasteiger charge is 2.14. The number of fused-ring (bicyclic) bond motifs is 1. The molecule has 0 saturated heterocycles. The fraction of sp³-hybridized carbons (Fsp3) is 0.111. The van der Waals surface area contributed by atoms with E-state index in [0.717, 1.165) is 10.9 Å². The predicted octanol–water partition coefficient (Wildman–Crippen LogP) is 5.14. The summed E-state index contributed by atoms with van der Waals surface area (Å²) in [5.74, 6) is 1.80. The number of nitrogens with zero attached hydrogens (tertiary/aromatic N) is 2. The van der Waals surface area contributed by atoms with Crippen molar-refractivity contribution in [3.8, 4) is 23.1 Å². The fourth-order valence-electron chi connectivity index (χ4n) is 3.52. The molecular formula is C27H24N4O4S. The van der Waals surface area contributed by atoms with Gasteiger partial charge in [-0.1, -0.05) is 43.0 Å². The standard InChI is InChI=1S/C27H24N4O4S/c1-4-18-13-19(30-27(36)31-25(32)12-17-8-6-5-7-9-17)16-29-26(18)35-22-10-11-28-21-15-24(34-3)23(33-2)14-20(21)22/h4-11,13-16H,1,12H2,2-3H3,(H2,30,31,32,36). The number of amides is 1. The molecule has 0 radical (unpaired) electrons. The number of thiocarbonyl (C=S) groups is 1. The Bertz CT molecular complexity index is 1430. The Morgan fingerprint density at radius 2 is 1.78 bits per heavy atom. The van der Waals surface area contributed by atoms with E-state index in [1.165, 1.54) is 0 Å². The molecule has 2 heterocycles. The minimum absolute atomic E-state index is 0.169. The van der Waals surface area contributed by atoms with Crippen molar-refractivity contribution in [3.63, 3.8) is 0 Å². The number of carbonyl (C=O) groups is 1. The van der Waals surface area contributed by atoms with Gasteiger partial charge in [-0.25, -0.2) is 4.98 Å². The predicted molar refractivity (Wildman–Crippen MR) is 144 cm³/mol. The van der Waals surface area contributed by atoms with Gasteiger partial charge in [0, 0.05) is 23.2 Å². The van der Waals surface area contributed by atoms with Crippen LogP contribution in [0.2, 0.25) is 0 Å². The van der Waals surface area contributed by atoms with Crippen LogP contribution < -0.4 is 24.8 Å². The highest BCUT2D eigenvalue weighted by atomic mass is 32.1. The van der Waals surface area contributed by atoms with Crippen LogP contribution in [0.4, 0.5) is 5.69 Å². The fourth-order valence-corrected chi connectivity index (χ4v) is 3.76. The average molecular weight is 501 g/mol. The van der Waals surface area contributed by atoms with Crippen LogP contribution in [0, 0.1) is 0 Å². The molecule has 0 spiro atoms. The molecule has 4 rings (SSSR count). The zero-order valence-electron chi connectivity index (χ0n) is 19.8. The minimum Gasteiger partial charge on any atom is -0.493 e. The van der Waals surface area contributed by atoms with E-state index < -0.39 is 0 Å². The second-order valence-corrected chi connectivity index (χ2v) is 8.03. The molecule has 182 valence electrons. The molecule has 9 heteroatoms. The highest BCUT2D eigenvalue weighted by molar-refractivity contribution is 7.80. The second-order valence-electron chi connectivity index (χ2n) is 7.62. The summed E-state index contributed by atoms with van der Waals surface area (Å²) in [6.45, 7) is 3.86. The molecule has 0 saturated carbocycles. The zero-order chi connectivity index (χ0) is 25.5. The van der Waals surface area contributed by atoms with Gasteiger partial charge in [0.05, 0.1) is 38.0 Å². The minimum atomic E-state index is -0.216. The first-order valence-corrected chi connectivity index (χ1v) is 11.4. The number of benzene rings is 2. The second kappa shape index (κ2) is 11.3. The van der Waals surface area contributed by atoms with Crippen molar-refractivity contribution >= 4 is 45.9 Å². The molecule has 0 fully saturated rings. The molecule has 4 aromatic rings. The topological polar surface area (TPSA) is 94.6 Å². The third kappa shape index (κ3) is 5.76. The van der Waals surface area contributed by atoms with Gasteiger partial charge in [-0.05, 0) is 36.0 Å². The maximum Gasteiger partial charge on any atom is 0.230 e. The monoisotopic (exact) mass is 500 g/mol. The van der Waals surface area contributed by atoms with Crippen LogP contribution in [-0.2, 0) is 11.2 Å². The molecule has 2 aromatic heterocycles. The maximum absolute atomic E-state index is 12.3. The molecule has 2 N–H and O–H groups in total. The number of nitrogens with one attached hydrogen (secondary N) is 2. The van der Waals surface area contributed by atoms with E-state index in [2.05, 4.69) is 27.2 Å². The molecule has 0 unspecified atom stereocenters. The number of aromatic nitrogens is 2. The third-order valence-corrected chi connectivity index (χ3v) is 5.43. The highest BCUT2D eigenvalue weighted by Crippen LogP contribution is 2.37. The molecule has 0 aliphatic heterocycles. The Labute approximate surface area is 213 Å². The molecule has 1 amide bonds. The summed E-state index contributed by atoms with van der Waals surface area (Å²) in [5, 5.41) is 6.55. The van der Waals surface area contributed by atoms with E-state index in [0.29, 0.717) is 39.9 Å². The number of pyridine rings is 2. The zero-order valence-corrected chi connectivity index (χ0v) is 20.6. The molecule has 0 bridgehead atoms. The Kier molecular flexibility index (Phi) is 7.72. The Morgan fingerprint density at radius 1 is 1.03 bits per heavy atom. The van der Waals surface area contributed by atoms with Crippen molar-refractivity contribution in [1.82, 2.24) is 15.3 Å². The van der Waals surface area contributed by atoms with Crippen molar-refractivity contribution in [3.05, 3.63) is 84.7 Å². The summed E-state index contributed by atoms with van der Waals surface area (Å²) in [6, 6.07) is 16.5. The van der Waals surface area contributed by atoms with Gasteiger partial charge in [0.2, 0.25) is 11.8 Å². The molecular weight excluding hydrogens is 476 g/mol. The number of anilines is 1. The van der Waals surface area contributed by atoms with Crippen LogP contribution in [0.3, 0.4) is 0 Å². The summed E-state index contributed by atoms with van der Waals surface area (Å²) in [4.78, 5) is 21.1. The maximum atomic E-state index is 12.3. The van der Waals surface area contributed by atoms with Crippen molar-refractivity contribution in [2.75, 3.05) is 19.5 Å². The van der Waals surface area contributed by atoms with Crippen LogP contribution >= 0.6 is 12.2 Å². The first-order valence-electron chi connectivity index (χ1n) is 11.0. The Morgan fingerprint density at radius 3 is 2.50 bits per heavy atom. The summed E-state index contributed by atoms with van der Waals surface area (Å²) in [5.41, 5.74) is 2.78. The van der Waals surface area contributed by atoms with Crippen molar-refractivity contribution in [1.29, 1.82) is 0 Å². The number of rotatable bonds is 8. The normalized spacial score (nSPS) is 10.4. The Balaban J connectivity index is 1.49. The summed E-state index contributed by atoms with van der Waals surface area (Å²) >= 11 is 5.29. The van der Waals surface area contributed by atoms with Gasteiger partial charge in [0.15, 0.2) is 16.6 Å². The van der Waals surface area contributed by atoms with E-state index in [9.17, 15) is 4.79 Å². The Hall–Kier alpha value is -4.50. The van der Waals surface area contributed by atoms with Gasteiger partial charge >= 0.3 is 0 Å². The molecule has 0 aliphatic carbocycles. The molecule has 2 aromatic carbocycles. The summed E-state index contributed by atoms with van der Waals surface area (Å²) in [6.07, 6.45) is 5.05. The quantitative estimate of drug-likeness (QED) is 0.321. The van der Waals surface area contributed by atoms with Crippen LogP contribution in [0.25, 0.3) is 17.0 Å². The van der Waals surface area contributed by atoms with Gasteiger partial charge in [-0.3, -0.25) is 9.78 Å². The lowest BCUT2D eigenvalue weighted by Gasteiger charge is -2.14. The van der Waals surface area contributed by atoms with Crippen LogP contribution in [0.5, 0.6) is 23.1 Å². The SMILES string of the molecule is C=Cc1cc(NC(=S)NC(=O)Cc2ccccc2)cnc1Oc1ccnc2cc(OC)c(OC)cc12. The van der Waals surface area contributed by atoms with Gasteiger partial charge in [-0.15, -0.1) is 0 Å². The smallest absolute Gasteiger partial charge is 0.230 e. The largest absolute Gasteiger partial charge is 0.493 e. The van der Waals surface area contributed by atoms with E-state index >= 15 is 0 Å². The lowest BCUT2D eigenvalue weighted by Crippen LogP contribution is -2.35. The van der Waals surface area contributed by atoms with Crippen LogP contribution in [0.15, 0.2) is 73.6 Å². The number of ether oxygens (including phenoxy) is 3. The van der Waals surface area contributed by atoms with Gasteiger partial charge in [0.25, 0.3) is 0 Å². The van der Waals surface area contributed by atoms with E-state index in [1.807, 2.05) is 30.3 Å². The lowest BCUT2D eigenvalue weighted by molar-refractivity contribution is -0.119. The first-order chi connectivity index (χ1) is 17.5. The number of methoxy groups -OCH3 is 2. The van der Waals surface area contributed by atoms with E-state index in [1.54, 1.807) is 57.0 Å². The number of hydrogen-bond acceptors (Lipinski definition) is 7.